The van der Waals surface area contributed by atoms with Gasteiger partial charge in [-0.25, -0.2) is 0 Å². The van der Waals surface area contributed by atoms with Gasteiger partial charge in [-0.2, -0.15) is 0 Å². The minimum atomic E-state index is 0.358. The van der Waals surface area contributed by atoms with E-state index in [1.54, 1.807) is 7.11 Å². The second kappa shape index (κ2) is 6.62. The number of methoxy groups -OCH3 is 1. The van der Waals surface area contributed by atoms with E-state index in [1.165, 1.54) is 16.8 Å². The molecule has 1 unspecified atom stereocenters. The second-order valence-corrected chi connectivity index (χ2v) is 4.43. The van der Waals surface area contributed by atoms with E-state index in [9.17, 15) is 0 Å². The maximum absolute atomic E-state index is 5.81. The second-order valence-electron chi connectivity index (χ2n) is 4.43. The van der Waals surface area contributed by atoms with Crippen LogP contribution < -0.4 is 10.6 Å². The number of ether oxygens (including phenoxy) is 1. The quantitative estimate of drug-likeness (QED) is 0.823. The molecule has 1 aromatic carbocycles. The van der Waals surface area contributed by atoms with Gasteiger partial charge in [-0.1, -0.05) is 12.1 Å². The molecule has 0 radical (unpaired) electrons. The molecule has 3 nitrogen and oxygen atoms in total. The molecule has 1 atom stereocenters. The van der Waals surface area contributed by atoms with Crippen LogP contribution in [0.3, 0.4) is 0 Å². The Morgan fingerprint density at radius 3 is 2.65 bits per heavy atom. The summed E-state index contributed by atoms with van der Waals surface area (Å²) < 4.78 is 5.24. The molecule has 0 aromatic heterocycles. The lowest BCUT2D eigenvalue weighted by molar-refractivity contribution is 0.182. The van der Waals surface area contributed by atoms with Crippen molar-refractivity contribution < 1.29 is 4.74 Å². The Morgan fingerprint density at radius 1 is 1.41 bits per heavy atom. The van der Waals surface area contributed by atoms with E-state index in [1.807, 2.05) is 0 Å². The molecular formula is C14H24N2O. The van der Waals surface area contributed by atoms with Crippen LogP contribution in [0.1, 0.15) is 25.0 Å². The number of anilines is 1. The van der Waals surface area contributed by atoms with Gasteiger partial charge < -0.3 is 15.4 Å². The van der Waals surface area contributed by atoms with E-state index in [0.717, 1.165) is 13.2 Å². The number of hydrogen-bond donors (Lipinski definition) is 1. The third-order valence-corrected chi connectivity index (χ3v) is 3.05. The molecule has 2 N–H and O–H groups in total. The lowest BCUT2D eigenvalue weighted by Gasteiger charge is -2.31. The SMILES string of the molecule is CCN(c1cc(C)ccc1CN)C(C)COC. The predicted octanol–water partition coefficient (Wildman–Crippen LogP) is 2.31. The molecule has 0 aliphatic heterocycles. The first-order valence-electron chi connectivity index (χ1n) is 6.19. The highest BCUT2D eigenvalue weighted by atomic mass is 16.5. The van der Waals surface area contributed by atoms with Crippen molar-refractivity contribution in [3.05, 3.63) is 29.3 Å². The topological polar surface area (TPSA) is 38.5 Å². The van der Waals surface area contributed by atoms with Gasteiger partial charge in [0.25, 0.3) is 0 Å². The fourth-order valence-corrected chi connectivity index (χ4v) is 2.16. The average Bonchev–Trinajstić information content (AvgIpc) is 2.31. The van der Waals surface area contributed by atoms with Gasteiger partial charge in [-0.05, 0) is 38.0 Å². The van der Waals surface area contributed by atoms with Gasteiger partial charge in [0, 0.05) is 31.9 Å². The molecule has 17 heavy (non-hydrogen) atoms. The van der Waals surface area contributed by atoms with Crippen molar-refractivity contribution in [3.63, 3.8) is 0 Å². The van der Waals surface area contributed by atoms with Gasteiger partial charge in [0.1, 0.15) is 0 Å². The highest BCUT2D eigenvalue weighted by Gasteiger charge is 2.15. The first-order valence-corrected chi connectivity index (χ1v) is 6.19. The van der Waals surface area contributed by atoms with Gasteiger partial charge >= 0.3 is 0 Å². The number of benzene rings is 1. The molecule has 1 rings (SSSR count). The first-order chi connectivity index (χ1) is 8.13. The highest BCUT2D eigenvalue weighted by molar-refractivity contribution is 5.56. The lowest BCUT2D eigenvalue weighted by atomic mass is 10.1. The van der Waals surface area contributed by atoms with Crippen LogP contribution in [0.25, 0.3) is 0 Å². The summed E-state index contributed by atoms with van der Waals surface area (Å²) in [7, 11) is 1.74. The summed E-state index contributed by atoms with van der Waals surface area (Å²) in [4.78, 5) is 2.35. The van der Waals surface area contributed by atoms with Crippen molar-refractivity contribution in [2.75, 3.05) is 25.2 Å². The van der Waals surface area contributed by atoms with Crippen molar-refractivity contribution in [2.24, 2.45) is 5.73 Å². The zero-order valence-corrected chi connectivity index (χ0v) is 11.4. The minimum absolute atomic E-state index is 0.358. The van der Waals surface area contributed by atoms with Crippen LogP contribution in [0.15, 0.2) is 18.2 Å². The standard InChI is InChI=1S/C14H24N2O/c1-5-16(12(3)10-17-4)14-8-11(2)6-7-13(14)9-15/h6-8,12H,5,9-10,15H2,1-4H3. The summed E-state index contributed by atoms with van der Waals surface area (Å²) in [5.74, 6) is 0. The summed E-state index contributed by atoms with van der Waals surface area (Å²) in [5.41, 5.74) is 9.50. The van der Waals surface area contributed by atoms with E-state index in [0.29, 0.717) is 12.6 Å². The summed E-state index contributed by atoms with van der Waals surface area (Å²) in [6, 6.07) is 6.79. The molecule has 0 fully saturated rings. The molecule has 0 aliphatic carbocycles. The van der Waals surface area contributed by atoms with Crippen molar-refractivity contribution >= 4 is 5.69 Å². The van der Waals surface area contributed by atoms with Crippen LogP contribution >= 0.6 is 0 Å². The van der Waals surface area contributed by atoms with Crippen molar-refractivity contribution in [2.45, 2.75) is 33.4 Å². The van der Waals surface area contributed by atoms with Gasteiger partial charge in [-0.3, -0.25) is 0 Å². The van der Waals surface area contributed by atoms with E-state index >= 15 is 0 Å². The van der Waals surface area contributed by atoms with E-state index in [4.69, 9.17) is 10.5 Å². The number of rotatable bonds is 6. The van der Waals surface area contributed by atoms with Crippen LogP contribution in [-0.2, 0) is 11.3 Å². The largest absolute Gasteiger partial charge is 0.383 e. The van der Waals surface area contributed by atoms with Gasteiger partial charge in [0.15, 0.2) is 0 Å². The first kappa shape index (κ1) is 14.0. The zero-order valence-electron chi connectivity index (χ0n) is 11.4. The fraction of sp³-hybridized carbons (Fsp3) is 0.571. The third kappa shape index (κ3) is 3.45. The molecule has 0 amide bonds. The third-order valence-electron chi connectivity index (χ3n) is 3.05. The van der Waals surface area contributed by atoms with Crippen LogP contribution in [0.2, 0.25) is 0 Å². The normalized spacial score (nSPS) is 12.5. The Labute approximate surface area is 105 Å². The summed E-state index contributed by atoms with van der Waals surface area (Å²) in [5, 5.41) is 0. The maximum Gasteiger partial charge on any atom is 0.0663 e. The molecule has 1 aromatic rings. The van der Waals surface area contributed by atoms with Crippen LogP contribution in [-0.4, -0.2) is 26.3 Å². The van der Waals surface area contributed by atoms with Gasteiger partial charge in [0.2, 0.25) is 0 Å². The van der Waals surface area contributed by atoms with E-state index in [-0.39, 0.29) is 0 Å². The summed E-state index contributed by atoms with van der Waals surface area (Å²) >= 11 is 0. The minimum Gasteiger partial charge on any atom is -0.383 e. The zero-order chi connectivity index (χ0) is 12.8. The van der Waals surface area contributed by atoms with Crippen molar-refractivity contribution in [3.8, 4) is 0 Å². The molecule has 96 valence electrons. The predicted molar refractivity (Wildman–Crippen MR) is 73.4 cm³/mol. The summed E-state index contributed by atoms with van der Waals surface area (Å²) in [6.07, 6.45) is 0. The Balaban J connectivity index is 3.05. The Bertz CT molecular complexity index is 352. The molecule has 0 bridgehead atoms. The fourth-order valence-electron chi connectivity index (χ4n) is 2.16. The molecule has 3 heteroatoms. The molecule has 0 saturated carbocycles. The maximum atomic E-state index is 5.81. The average molecular weight is 236 g/mol. The molecule has 0 aliphatic rings. The van der Waals surface area contributed by atoms with Crippen LogP contribution in [0.5, 0.6) is 0 Å². The number of nitrogens with zero attached hydrogens (tertiary/aromatic N) is 1. The van der Waals surface area contributed by atoms with Crippen molar-refractivity contribution in [1.29, 1.82) is 0 Å². The molecule has 0 spiro atoms. The van der Waals surface area contributed by atoms with Crippen LogP contribution in [0, 0.1) is 6.92 Å². The Morgan fingerprint density at radius 2 is 2.12 bits per heavy atom. The number of likely N-dealkylation sites (N-methyl/N-ethyl adjacent to an activating group) is 1. The lowest BCUT2D eigenvalue weighted by Crippen LogP contribution is -2.37. The Hall–Kier alpha value is -1.06. The monoisotopic (exact) mass is 236 g/mol. The van der Waals surface area contributed by atoms with E-state index in [2.05, 4.69) is 43.9 Å². The molecule has 0 heterocycles. The molecule has 0 saturated heterocycles. The number of aryl methyl sites for hydroxylation is 1. The number of nitrogens with two attached hydrogens (primary N) is 1. The highest BCUT2D eigenvalue weighted by Crippen LogP contribution is 2.24. The summed E-state index contributed by atoms with van der Waals surface area (Å²) in [6.45, 7) is 8.71. The smallest absolute Gasteiger partial charge is 0.0663 e. The molecular weight excluding hydrogens is 212 g/mol. The van der Waals surface area contributed by atoms with Gasteiger partial charge in [0.05, 0.1) is 6.61 Å². The Kier molecular flexibility index (Phi) is 5.45. The van der Waals surface area contributed by atoms with Gasteiger partial charge in [-0.15, -0.1) is 0 Å². The van der Waals surface area contributed by atoms with Crippen LogP contribution in [0.4, 0.5) is 5.69 Å². The number of hydrogen-bond acceptors (Lipinski definition) is 3. The van der Waals surface area contributed by atoms with E-state index < -0.39 is 0 Å². The van der Waals surface area contributed by atoms with Crippen molar-refractivity contribution in [1.82, 2.24) is 0 Å².